The standard InChI is InChI=1S/C12H11Br2F3O3/c1-18-11-8(14)5-10(11)19-6-2-3-9(7(13)4-6)20-12(15,16)17/h2-4,8,10-11H,5H2,1H3. The van der Waals surface area contributed by atoms with Gasteiger partial charge in [0.05, 0.1) is 4.47 Å². The maximum atomic E-state index is 12.1. The molecule has 1 aliphatic carbocycles. The van der Waals surface area contributed by atoms with Crippen LogP contribution in [0.4, 0.5) is 13.2 Å². The Morgan fingerprint density at radius 1 is 1.30 bits per heavy atom. The highest BCUT2D eigenvalue weighted by Gasteiger charge is 2.41. The quantitative estimate of drug-likeness (QED) is 0.682. The van der Waals surface area contributed by atoms with Crippen LogP contribution in [-0.2, 0) is 4.74 Å². The molecule has 112 valence electrons. The largest absolute Gasteiger partial charge is 0.573 e. The van der Waals surface area contributed by atoms with Crippen molar-refractivity contribution < 1.29 is 27.4 Å². The van der Waals surface area contributed by atoms with Gasteiger partial charge >= 0.3 is 6.36 Å². The highest BCUT2D eigenvalue weighted by atomic mass is 79.9. The lowest BCUT2D eigenvalue weighted by molar-refractivity contribution is -0.274. The number of hydrogen-bond acceptors (Lipinski definition) is 3. The van der Waals surface area contributed by atoms with Crippen molar-refractivity contribution in [3.05, 3.63) is 22.7 Å². The fraction of sp³-hybridized carbons (Fsp3) is 0.500. The Hall–Kier alpha value is -0.470. The average Bonchev–Trinajstić information content (AvgIpc) is 2.31. The molecule has 0 heterocycles. The Labute approximate surface area is 130 Å². The molecule has 1 aliphatic rings. The summed E-state index contributed by atoms with van der Waals surface area (Å²) in [6, 6.07) is 4.08. The summed E-state index contributed by atoms with van der Waals surface area (Å²) in [6.07, 6.45) is -4.13. The SMILES string of the molecule is COC1C(Br)CC1Oc1ccc(OC(F)(F)F)c(Br)c1. The van der Waals surface area contributed by atoms with E-state index in [1.54, 1.807) is 7.11 Å². The van der Waals surface area contributed by atoms with Crippen LogP contribution in [0, 0.1) is 0 Å². The zero-order valence-electron chi connectivity index (χ0n) is 10.3. The molecular formula is C12H11Br2F3O3. The molecule has 0 N–H and O–H groups in total. The van der Waals surface area contributed by atoms with Crippen LogP contribution in [0.3, 0.4) is 0 Å². The summed E-state index contributed by atoms with van der Waals surface area (Å²) in [5.74, 6) is 0.151. The molecule has 1 saturated carbocycles. The van der Waals surface area contributed by atoms with Crippen LogP contribution >= 0.6 is 31.9 Å². The fourth-order valence-corrected chi connectivity index (χ4v) is 3.24. The van der Waals surface area contributed by atoms with Gasteiger partial charge in [0.2, 0.25) is 0 Å². The third-order valence-electron chi connectivity index (χ3n) is 2.87. The number of benzene rings is 1. The maximum Gasteiger partial charge on any atom is 0.573 e. The van der Waals surface area contributed by atoms with Crippen molar-refractivity contribution >= 4 is 31.9 Å². The van der Waals surface area contributed by atoms with Gasteiger partial charge in [-0.25, -0.2) is 0 Å². The van der Waals surface area contributed by atoms with Gasteiger partial charge in [-0.15, -0.1) is 13.2 Å². The Balaban J connectivity index is 2.03. The van der Waals surface area contributed by atoms with E-state index in [2.05, 4.69) is 36.6 Å². The third kappa shape index (κ3) is 3.79. The first kappa shape index (κ1) is 15.9. The first-order chi connectivity index (χ1) is 9.30. The van der Waals surface area contributed by atoms with E-state index in [0.717, 1.165) is 6.42 Å². The van der Waals surface area contributed by atoms with E-state index in [4.69, 9.17) is 9.47 Å². The van der Waals surface area contributed by atoms with E-state index < -0.39 is 6.36 Å². The van der Waals surface area contributed by atoms with E-state index in [-0.39, 0.29) is 27.3 Å². The first-order valence-electron chi connectivity index (χ1n) is 5.69. The Bertz CT molecular complexity index is 482. The van der Waals surface area contributed by atoms with Crippen LogP contribution < -0.4 is 9.47 Å². The molecule has 0 saturated heterocycles. The smallest absolute Gasteiger partial charge is 0.488 e. The lowest BCUT2D eigenvalue weighted by Gasteiger charge is -2.40. The van der Waals surface area contributed by atoms with Crippen molar-refractivity contribution in [1.29, 1.82) is 0 Å². The van der Waals surface area contributed by atoms with Crippen molar-refractivity contribution in [3.63, 3.8) is 0 Å². The van der Waals surface area contributed by atoms with Gasteiger partial charge in [-0.1, -0.05) is 15.9 Å². The molecule has 0 amide bonds. The van der Waals surface area contributed by atoms with Gasteiger partial charge in [0.1, 0.15) is 23.7 Å². The molecule has 0 aromatic heterocycles. The van der Waals surface area contributed by atoms with Gasteiger partial charge < -0.3 is 14.2 Å². The average molecular weight is 420 g/mol. The van der Waals surface area contributed by atoms with E-state index in [1.807, 2.05) is 0 Å². The number of alkyl halides is 4. The molecule has 8 heteroatoms. The highest BCUT2D eigenvalue weighted by Crippen LogP contribution is 2.37. The first-order valence-corrected chi connectivity index (χ1v) is 7.40. The number of ether oxygens (including phenoxy) is 3. The molecule has 20 heavy (non-hydrogen) atoms. The molecule has 0 spiro atoms. The summed E-state index contributed by atoms with van der Waals surface area (Å²) < 4.78 is 51.4. The minimum Gasteiger partial charge on any atom is -0.488 e. The monoisotopic (exact) mass is 418 g/mol. The summed E-state index contributed by atoms with van der Waals surface area (Å²) in [6.45, 7) is 0. The summed E-state index contributed by atoms with van der Waals surface area (Å²) in [5, 5.41) is 0. The normalized spacial score (nSPS) is 26.0. The van der Waals surface area contributed by atoms with Gasteiger partial charge in [0, 0.05) is 18.4 Å². The van der Waals surface area contributed by atoms with Crippen molar-refractivity contribution in [1.82, 2.24) is 0 Å². The fourth-order valence-electron chi connectivity index (χ4n) is 1.88. The second kappa shape index (κ2) is 6.11. The van der Waals surface area contributed by atoms with Gasteiger partial charge in [-0.3, -0.25) is 0 Å². The van der Waals surface area contributed by atoms with Gasteiger partial charge in [-0.05, 0) is 34.1 Å². The summed E-state index contributed by atoms with van der Waals surface area (Å²) >= 11 is 6.47. The lowest BCUT2D eigenvalue weighted by atomic mass is 9.91. The van der Waals surface area contributed by atoms with Crippen LogP contribution in [0.15, 0.2) is 22.7 Å². The predicted octanol–water partition coefficient (Wildman–Crippen LogP) is 4.28. The van der Waals surface area contributed by atoms with Crippen LogP contribution in [0.5, 0.6) is 11.5 Å². The van der Waals surface area contributed by atoms with Crippen LogP contribution in [0.1, 0.15) is 6.42 Å². The molecule has 2 rings (SSSR count). The Morgan fingerprint density at radius 2 is 2.00 bits per heavy atom. The Morgan fingerprint density at radius 3 is 2.50 bits per heavy atom. The van der Waals surface area contributed by atoms with E-state index in [9.17, 15) is 13.2 Å². The van der Waals surface area contributed by atoms with Crippen molar-refractivity contribution in [2.75, 3.05) is 7.11 Å². The molecule has 0 bridgehead atoms. The summed E-state index contributed by atoms with van der Waals surface area (Å²) in [4.78, 5) is 0.230. The van der Waals surface area contributed by atoms with Crippen molar-refractivity contribution in [2.45, 2.75) is 29.8 Å². The van der Waals surface area contributed by atoms with Crippen LogP contribution in [-0.4, -0.2) is 30.5 Å². The van der Waals surface area contributed by atoms with E-state index in [0.29, 0.717) is 5.75 Å². The minimum atomic E-state index is -4.72. The number of hydrogen-bond donors (Lipinski definition) is 0. The highest BCUT2D eigenvalue weighted by molar-refractivity contribution is 9.10. The minimum absolute atomic E-state index is 0.0696. The zero-order chi connectivity index (χ0) is 14.9. The third-order valence-corrected chi connectivity index (χ3v) is 4.38. The second-order valence-electron chi connectivity index (χ2n) is 4.25. The van der Waals surface area contributed by atoms with Gasteiger partial charge in [0.25, 0.3) is 0 Å². The number of methoxy groups -OCH3 is 1. The summed E-state index contributed by atoms with van der Waals surface area (Å²) in [5.41, 5.74) is 0. The lowest BCUT2D eigenvalue weighted by Crippen LogP contribution is -2.51. The molecule has 1 fully saturated rings. The maximum absolute atomic E-state index is 12.1. The molecule has 3 atom stereocenters. The summed E-state index contributed by atoms with van der Waals surface area (Å²) in [7, 11) is 1.59. The van der Waals surface area contributed by atoms with Gasteiger partial charge in [-0.2, -0.15) is 0 Å². The molecule has 0 aliphatic heterocycles. The molecule has 3 unspecified atom stereocenters. The molecular weight excluding hydrogens is 409 g/mol. The second-order valence-corrected chi connectivity index (χ2v) is 6.28. The molecule has 3 nitrogen and oxygen atoms in total. The predicted molar refractivity (Wildman–Crippen MR) is 73.4 cm³/mol. The topological polar surface area (TPSA) is 27.7 Å². The van der Waals surface area contributed by atoms with Crippen molar-refractivity contribution in [2.24, 2.45) is 0 Å². The molecule has 1 aromatic carbocycles. The Kier molecular flexibility index (Phi) is 4.86. The van der Waals surface area contributed by atoms with E-state index >= 15 is 0 Å². The van der Waals surface area contributed by atoms with Gasteiger partial charge in [0.15, 0.2) is 0 Å². The number of rotatable bonds is 4. The number of halogens is 5. The van der Waals surface area contributed by atoms with Crippen LogP contribution in [0.2, 0.25) is 0 Å². The molecule has 0 radical (unpaired) electrons. The van der Waals surface area contributed by atoms with Crippen LogP contribution in [0.25, 0.3) is 0 Å². The zero-order valence-corrected chi connectivity index (χ0v) is 13.5. The molecule has 1 aromatic rings. The van der Waals surface area contributed by atoms with E-state index in [1.165, 1.54) is 18.2 Å². The van der Waals surface area contributed by atoms with Crippen molar-refractivity contribution in [3.8, 4) is 11.5 Å².